The smallest absolute Gasteiger partial charge is 0.228 e. The van der Waals surface area contributed by atoms with E-state index in [-0.39, 0.29) is 45.2 Å². The van der Waals surface area contributed by atoms with Crippen LogP contribution in [0.5, 0.6) is 17.2 Å². The van der Waals surface area contributed by atoms with Gasteiger partial charge in [-0.15, -0.1) is 0 Å². The Morgan fingerprint density at radius 1 is 0.939 bits per heavy atom. The third-order valence-corrected chi connectivity index (χ3v) is 3.95. The van der Waals surface area contributed by atoms with Crippen molar-refractivity contribution in [3.05, 3.63) is 90.5 Å². The van der Waals surface area contributed by atoms with Crippen LogP contribution in [0, 0.1) is 17.4 Å². The third-order valence-electron chi connectivity index (χ3n) is 3.95. The molecule has 1 N–H and O–H groups in total. The van der Waals surface area contributed by atoms with Crippen LogP contribution < -0.4 is 14.8 Å². The maximum atomic E-state index is 12.4. The predicted octanol–water partition coefficient (Wildman–Crippen LogP) is 6.42. The molecule has 1 atom stereocenters. The fourth-order valence-corrected chi connectivity index (χ4v) is 2.45. The molecule has 0 fully saturated rings. The monoisotopic (exact) mass is 520 g/mol. The van der Waals surface area contributed by atoms with Crippen LogP contribution in [-0.4, -0.2) is 18.1 Å². The van der Waals surface area contributed by atoms with Gasteiger partial charge in [0, 0.05) is 32.7 Å². The zero-order valence-electron chi connectivity index (χ0n) is 20.0. The Bertz CT molecular complexity index is 975. The number of hydrogen-bond acceptors (Lipinski definition) is 4. The number of benzene rings is 3. The molecule has 3 rings (SSSR count). The first-order valence-electron chi connectivity index (χ1n) is 10.7. The van der Waals surface area contributed by atoms with E-state index < -0.39 is 5.54 Å². The molecule has 0 aliphatic heterocycles. The molecule has 1 unspecified atom stereocenters. The van der Waals surface area contributed by atoms with E-state index in [9.17, 15) is 10.1 Å². The van der Waals surface area contributed by atoms with E-state index in [0.717, 1.165) is 0 Å². The first-order chi connectivity index (χ1) is 15.6. The van der Waals surface area contributed by atoms with E-state index in [4.69, 9.17) is 9.47 Å². The first kappa shape index (κ1) is 30.3. The van der Waals surface area contributed by atoms with Crippen molar-refractivity contribution in [2.24, 2.45) is 0 Å². The van der Waals surface area contributed by atoms with Gasteiger partial charge in [-0.25, -0.2) is 0 Å². The molecule has 0 aliphatic rings. The van der Waals surface area contributed by atoms with Gasteiger partial charge in [-0.05, 0) is 31.2 Å². The number of para-hydroxylation sites is 3. The molecule has 0 heterocycles. The fourth-order valence-electron chi connectivity index (χ4n) is 2.45. The number of carbonyl (C=O) groups excluding carboxylic acids is 1. The molecule has 0 aliphatic carbocycles. The summed E-state index contributed by atoms with van der Waals surface area (Å²) in [6, 6.07) is 28.1. The zero-order valence-corrected chi connectivity index (χ0v) is 22.8. The normalized spacial score (nSPS) is 10.8. The Labute approximate surface area is 223 Å². The van der Waals surface area contributed by atoms with Crippen molar-refractivity contribution in [1.29, 1.82) is 5.26 Å². The van der Waals surface area contributed by atoms with E-state index >= 15 is 0 Å². The van der Waals surface area contributed by atoms with Crippen LogP contribution in [0.25, 0.3) is 0 Å². The van der Waals surface area contributed by atoms with Crippen molar-refractivity contribution in [1.82, 2.24) is 5.32 Å². The summed E-state index contributed by atoms with van der Waals surface area (Å²) in [6.45, 7) is 9.57. The van der Waals surface area contributed by atoms with E-state index in [1.807, 2.05) is 70.2 Å². The van der Waals surface area contributed by atoms with Gasteiger partial charge in [0.2, 0.25) is 5.91 Å². The van der Waals surface area contributed by atoms with Gasteiger partial charge in [-0.2, -0.15) is 35.6 Å². The standard InChI is InChI=1S/C23H19N2O3.2C2H6.Y/c1-23(16-24,25-22(26)18-10-4-2-5-11-18)17-27-20-14-8-9-15-21(20)28-19-12-6-3-7-13-19;2*1-2;/h3-15H,17H2,1H3,(H,25,26);2*1-2H3;/q-1;;;. The Morgan fingerprint density at radius 2 is 1.48 bits per heavy atom. The van der Waals surface area contributed by atoms with Gasteiger partial charge < -0.3 is 14.8 Å². The Balaban J connectivity index is 0.00000194. The average molecular weight is 520 g/mol. The number of nitrogens with one attached hydrogen (secondary N) is 1. The van der Waals surface area contributed by atoms with Gasteiger partial charge in [-0.1, -0.05) is 63.6 Å². The molecular formula is C27H31N2O3Y-. The molecule has 0 spiro atoms. The minimum absolute atomic E-state index is 0. The maximum Gasteiger partial charge on any atom is 0.228 e. The molecule has 0 saturated carbocycles. The maximum absolute atomic E-state index is 12.4. The second-order valence-corrected chi connectivity index (χ2v) is 6.34. The van der Waals surface area contributed by atoms with E-state index in [2.05, 4.69) is 17.5 Å². The summed E-state index contributed by atoms with van der Waals surface area (Å²) in [5, 5.41) is 12.3. The van der Waals surface area contributed by atoms with Crippen molar-refractivity contribution in [3.63, 3.8) is 0 Å². The summed E-state index contributed by atoms with van der Waals surface area (Å²) >= 11 is 0. The number of amides is 1. The minimum atomic E-state index is -1.21. The number of ether oxygens (including phenoxy) is 2. The van der Waals surface area contributed by atoms with E-state index in [0.29, 0.717) is 22.8 Å². The predicted molar refractivity (Wildman–Crippen MR) is 128 cm³/mol. The number of carbonyl (C=O) groups is 1. The van der Waals surface area contributed by atoms with Crippen molar-refractivity contribution >= 4 is 5.91 Å². The fraction of sp³-hybridized carbons (Fsp3) is 0.259. The Morgan fingerprint density at radius 3 is 2.06 bits per heavy atom. The average Bonchev–Trinajstić information content (AvgIpc) is 2.87. The number of nitrogens with zero attached hydrogens (tertiary/aromatic N) is 1. The van der Waals surface area contributed by atoms with Gasteiger partial charge >= 0.3 is 0 Å². The molecule has 1 amide bonds. The van der Waals surface area contributed by atoms with Crippen molar-refractivity contribution in [2.45, 2.75) is 40.2 Å². The SMILES string of the molecule is CC.CC.CC(C#N)(COc1ccccc1Oc1ccccc1)NC(=O)c1cc[c-]cc1.[Y]. The third kappa shape index (κ3) is 10.2. The Kier molecular flexibility index (Phi) is 15.5. The van der Waals surface area contributed by atoms with Crippen LogP contribution in [0.3, 0.4) is 0 Å². The molecule has 0 saturated heterocycles. The number of rotatable bonds is 7. The van der Waals surface area contributed by atoms with Gasteiger partial charge in [0.25, 0.3) is 0 Å². The largest absolute Gasteiger partial charge is 0.486 e. The molecular weight excluding hydrogens is 489 g/mol. The van der Waals surface area contributed by atoms with E-state index in [1.165, 1.54) is 0 Å². The van der Waals surface area contributed by atoms with Crippen LogP contribution in [0.2, 0.25) is 0 Å². The summed E-state index contributed by atoms with van der Waals surface area (Å²) in [6.07, 6.45) is 0. The molecule has 6 heteroatoms. The molecule has 0 bridgehead atoms. The van der Waals surface area contributed by atoms with Crippen molar-refractivity contribution in [2.75, 3.05) is 6.61 Å². The van der Waals surface area contributed by atoms with Crippen LogP contribution in [0.4, 0.5) is 0 Å². The van der Waals surface area contributed by atoms with Gasteiger partial charge in [0.15, 0.2) is 17.0 Å². The molecule has 171 valence electrons. The van der Waals surface area contributed by atoms with Gasteiger partial charge in [0.1, 0.15) is 12.4 Å². The van der Waals surface area contributed by atoms with Crippen LogP contribution in [-0.2, 0) is 32.7 Å². The summed E-state index contributed by atoms with van der Waals surface area (Å²) in [5.74, 6) is 1.33. The second-order valence-electron chi connectivity index (χ2n) is 6.34. The molecule has 5 nitrogen and oxygen atoms in total. The molecule has 1 radical (unpaired) electrons. The summed E-state index contributed by atoms with van der Waals surface area (Å²) in [5.41, 5.74) is -0.760. The number of hydrogen-bond donors (Lipinski definition) is 1. The van der Waals surface area contributed by atoms with Gasteiger partial charge in [-0.3, -0.25) is 4.79 Å². The molecule has 33 heavy (non-hydrogen) atoms. The number of nitriles is 1. The first-order valence-corrected chi connectivity index (χ1v) is 10.7. The topological polar surface area (TPSA) is 71.3 Å². The second kappa shape index (κ2) is 16.9. The van der Waals surface area contributed by atoms with Crippen LogP contribution in [0.1, 0.15) is 45.0 Å². The molecule has 0 aromatic heterocycles. The summed E-state index contributed by atoms with van der Waals surface area (Å²) in [7, 11) is 0. The Hall–Kier alpha value is -2.68. The minimum Gasteiger partial charge on any atom is -0.486 e. The summed E-state index contributed by atoms with van der Waals surface area (Å²) in [4.78, 5) is 12.4. The van der Waals surface area contributed by atoms with Crippen LogP contribution >= 0.6 is 0 Å². The van der Waals surface area contributed by atoms with Crippen LogP contribution in [0.15, 0.2) is 78.9 Å². The molecule has 3 aromatic rings. The summed E-state index contributed by atoms with van der Waals surface area (Å²) < 4.78 is 11.7. The van der Waals surface area contributed by atoms with Gasteiger partial charge in [0.05, 0.1) is 6.07 Å². The quantitative estimate of drug-likeness (QED) is 0.365. The molecule has 3 aromatic carbocycles. The zero-order chi connectivity index (χ0) is 23.8. The van der Waals surface area contributed by atoms with Crippen molar-refractivity contribution < 1.29 is 47.0 Å². The van der Waals surface area contributed by atoms with Crippen molar-refractivity contribution in [3.8, 4) is 23.3 Å². The van der Waals surface area contributed by atoms with E-state index in [1.54, 1.807) is 43.3 Å².